The first kappa shape index (κ1) is 13.0. The van der Waals surface area contributed by atoms with Crippen LogP contribution in [-0.4, -0.2) is 0 Å². The monoisotopic (exact) mass is 282 g/mol. The summed E-state index contributed by atoms with van der Waals surface area (Å²) >= 11 is 0. The maximum absolute atomic E-state index is 14.1. The van der Waals surface area contributed by atoms with Crippen molar-refractivity contribution < 1.29 is 4.39 Å². The van der Waals surface area contributed by atoms with Gasteiger partial charge in [0.1, 0.15) is 5.82 Å². The van der Waals surface area contributed by atoms with Crippen molar-refractivity contribution in [1.29, 1.82) is 0 Å². The highest BCUT2D eigenvalue weighted by atomic mass is 19.1. The van der Waals surface area contributed by atoms with Crippen LogP contribution in [-0.2, 0) is 6.42 Å². The first-order chi connectivity index (χ1) is 10.3. The van der Waals surface area contributed by atoms with Crippen molar-refractivity contribution in [2.24, 2.45) is 17.7 Å². The van der Waals surface area contributed by atoms with Crippen LogP contribution in [0.4, 0.5) is 4.39 Å². The van der Waals surface area contributed by atoms with E-state index in [1.807, 2.05) is 12.1 Å². The molecule has 3 N–H and O–H groups in total. The molecule has 0 bridgehead atoms. The smallest absolute Gasteiger partial charge is 0.128 e. The van der Waals surface area contributed by atoms with E-state index in [0.717, 1.165) is 6.42 Å². The molecule has 0 radical (unpaired) electrons. The Kier molecular flexibility index (Phi) is 3.05. The van der Waals surface area contributed by atoms with E-state index in [1.165, 1.54) is 23.6 Å². The van der Waals surface area contributed by atoms with Gasteiger partial charge in [0.2, 0.25) is 0 Å². The zero-order chi connectivity index (χ0) is 14.4. The van der Waals surface area contributed by atoms with Gasteiger partial charge in [-0.15, -0.1) is 0 Å². The van der Waals surface area contributed by atoms with Crippen molar-refractivity contribution in [1.82, 2.24) is 5.43 Å². The van der Waals surface area contributed by atoms with Gasteiger partial charge in [-0.3, -0.25) is 11.3 Å². The lowest BCUT2D eigenvalue weighted by molar-refractivity contribution is 0.440. The summed E-state index contributed by atoms with van der Waals surface area (Å²) in [5, 5.41) is 0. The number of benzene rings is 2. The molecule has 4 atom stereocenters. The standard InChI is InChI=1S/C18H19FN2/c19-15-8-4-3-7-13(15)18(21-20)17-14-10-9-11-5-1-2-6-12(11)16(14)17/h1-8,14,16-18,21H,9-10,20H2. The Labute approximate surface area is 124 Å². The van der Waals surface area contributed by atoms with Gasteiger partial charge in [0.15, 0.2) is 0 Å². The van der Waals surface area contributed by atoms with Crippen LogP contribution in [0.1, 0.15) is 35.1 Å². The predicted molar refractivity (Wildman–Crippen MR) is 80.9 cm³/mol. The van der Waals surface area contributed by atoms with Crippen molar-refractivity contribution in [2.75, 3.05) is 0 Å². The van der Waals surface area contributed by atoms with E-state index in [9.17, 15) is 4.39 Å². The van der Waals surface area contributed by atoms with Crippen LogP contribution in [0.3, 0.4) is 0 Å². The second-order valence-corrected chi connectivity index (χ2v) is 6.17. The maximum Gasteiger partial charge on any atom is 0.128 e. The molecule has 2 aliphatic rings. The van der Waals surface area contributed by atoms with Gasteiger partial charge < -0.3 is 0 Å². The number of nitrogens with one attached hydrogen (secondary N) is 1. The van der Waals surface area contributed by atoms with E-state index in [0.29, 0.717) is 23.3 Å². The Morgan fingerprint density at radius 2 is 1.86 bits per heavy atom. The molecule has 2 aromatic carbocycles. The molecule has 0 amide bonds. The van der Waals surface area contributed by atoms with E-state index in [4.69, 9.17) is 5.84 Å². The molecule has 1 saturated carbocycles. The van der Waals surface area contributed by atoms with Crippen LogP contribution < -0.4 is 11.3 Å². The van der Waals surface area contributed by atoms with E-state index in [-0.39, 0.29) is 11.9 Å². The highest BCUT2D eigenvalue weighted by Gasteiger charge is 2.56. The lowest BCUT2D eigenvalue weighted by Gasteiger charge is -2.17. The molecule has 2 aliphatic carbocycles. The highest BCUT2D eigenvalue weighted by molar-refractivity contribution is 5.41. The number of halogens is 1. The molecule has 1 fully saturated rings. The van der Waals surface area contributed by atoms with Crippen molar-refractivity contribution in [3.63, 3.8) is 0 Å². The molecule has 4 unspecified atom stereocenters. The van der Waals surface area contributed by atoms with Gasteiger partial charge in [-0.05, 0) is 47.8 Å². The molecule has 0 heterocycles. The summed E-state index contributed by atoms with van der Waals surface area (Å²) in [6, 6.07) is 15.5. The number of hydrazine groups is 1. The second-order valence-electron chi connectivity index (χ2n) is 6.17. The van der Waals surface area contributed by atoms with Crippen LogP contribution in [0.5, 0.6) is 0 Å². The summed E-state index contributed by atoms with van der Waals surface area (Å²) in [5.74, 6) is 7.15. The first-order valence-electron chi connectivity index (χ1n) is 7.59. The molecule has 0 aliphatic heterocycles. The fraction of sp³-hybridized carbons (Fsp3) is 0.333. The summed E-state index contributed by atoms with van der Waals surface area (Å²) in [7, 11) is 0. The SMILES string of the molecule is NNC(c1ccccc1F)C1C2CCc3ccccc3C21. The maximum atomic E-state index is 14.1. The molecule has 108 valence electrons. The largest absolute Gasteiger partial charge is 0.271 e. The average molecular weight is 282 g/mol. The van der Waals surface area contributed by atoms with E-state index in [2.05, 4.69) is 29.7 Å². The van der Waals surface area contributed by atoms with Crippen LogP contribution in [0.25, 0.3) is 0 Å². The fourth-order valence-corrected chi connectivity index (χ4v) is 4.21. The third kappa shape index (κ3) is 2.00. The molecule has 0 spiro atoms. The minimum Gasteiger partial charge on any atom is -0.271 e. The minimum atomic E-state index is -0.169. The first-order valence-corrected chi connectivity index (χ1v) is 7.59. The zero-order valence-electron chi connectivity index (χ0n) is 11.8. The topological polar surface area (TPSA) is 38.0 Å². The number of fused-ring (bicyclic) bond motifs is 3. The third-order valence-corrected chi connectivity index (χ3v) is 5.20. The van der Waals surface area contributed by atoms with Crippen molar-refractivity contribution in [2.45, 2.75) is 24.8 Å². The number of aryl methyl sites for hydroxylation is 1. The molecular weight excluding hydrogens is 263 g/mol. The van der Waals surface area contributed by atoms with Gasteiger partial charge in [0, 0.05) is 5.56 Å². The molecule has 0 saturated heterocycles. The van der Waals surface area contributed by atoms with Crippen LogP contribution in [0, 0.1) is 17.7 Å². The van der Waals surface area contributed by atoms with Crippen LogP contribution >= 0.6 is 0 Å². The minimum absolute atomic E-state index is 0.104. The number of nitrogens with two attached hydrogens (primary N) is 1. The summed E-state index contributed by atoms with van der Waals surface area (Å²) in [6.45, 7) is 0. The van der Waals surface area contributed by atoms with Crippen LogP contribution in [0.2, 0.25) is 0 Å². The third-order valence-electron chi connectivity index (χ3n) is 5.20. The van der Waals surface area contributed by atoms with Crippen molar-refractivity contribution in [3.8, 4) is 0 Å². The summed E-state index contributed by atoms with van der Waals surface area (Å²) < 4.78 is 14.1. The van der Waals surface area contributed by atoms with Gasteiger partial charge in [0.05, 0.1) is 6.04 Å². The zero-order valence-corrected chi connectivity index (χ0v) is 11.8. The predicted octanol–water partition coefficient (Wildman–Crippen LogP) is 3.31. The Morgan fingerprint density at radius 3 is 2.67 bits per heavy atom. The van der Waals surface area contributed by atoms with Crippen LogP contribution in [0.15, 0.2) is 48.5 Å². The van der Waals surface area contributed by atoms with E-state index in [1.54, 1.807) is 6.07 Å². The number of hydrogen-bond donors (Lipinski definition) is 2. The van der Waals surface area contributed by atoms with Crippen molar-refractivity contribution >= 4 is 0 Å². The van der Waals surface area contributed by atoms with Gasteiger partial charge in [-0.2, -0.15) is 0 Å². The molecule has 4 rings (SSSR count). The Balaban J connectivity index is 1.68. The summed E-state index contributed by atoms with van der Waals surface area (Å²) in [4.78, 5) is 0. The molecule has 2 aromatic rings. The van der Waals surface area contributed by atoms with Gasteiger partial charge in [-0.1, -0.05) is 42.5 Å². The van der Waals surface area contributed by atoms with E-state index < -0.39 is 0 Å². The Morgan fingerprint density at radius 1 is 1.10 bits per heavy atom. The lowest BCUT2D eigenvalue weighted by Crippen LogP contribution is -2.31. The van der Waals surface area contributed by atoms with Crippen molar-refractivity contribution in [3.05, 3.63) is 71.0 Å². The van der Waals surface area contributed by atoms with E-state index >= 15 is 0 Å². The number of rotatable bonds is 3. The summed E-state index contributed by atoms with van der Waals surface area (Å²) in [5.41, 5.74) is 6.45. The Hall–Kier alpha value is -1.71. The lowest BCUT2D eigenvalue weighted by atomic mass is 9.92. The highest BCUT2D eigenvalue weighted by Crippen LogP contribution is 2.64. The Bertz CT molecular complexity index is 670. The molecular formula is C18H19FN2. The van der Waals surface area contributed by atoms with Gasteiger partial charge in [0.25, 0.3) is 0 Å². The molecule has 3 heteroatoms. The molecule has 2 nitrogen and oxygen atoms in total. The fourth-order valence-electron chi connectivity index (χ4n) is 4.21. The molecule has 0 aromatic heterocycles. The quantitative estimate of drug-likeness (QED) is 0.669. The average Bonchev–Trinajstić information content (AvgIpc) is 3.25. The summed E-state index contributed by atoms with van der Waals surface area (Å²) in [6.07, 6.45) is 2.31. The normalized spacial score (nSPS) is 27.6. The second kappa shape index (κ2) is 4.93. The number of hydrogen-bond acceptors (Lipinski definition) is 2. The molecule has 21 heavy (non-hydrogen) atoms. The van der Waals surface area contributed by atoms with Gasteiger partial charge >= 0.3 is 0 Å². The van der Waals surface area contributed by atoms with Gasteiger partial charge in [-0.25, -0.2) is 4.39 Å².